The van der Waals surface area contributed by atoms with E-state index >= 15 is 0 Å². The summed E-state index contributed by atoms with van der Waals surface area (Å²) in [5.74, 6) is -0.508. The molecule has 140 valence electrons. The lowest BCUT2D eigenvalue weighted by molar-refractivity contribution is -0.145. The van der Waals surface area contributed by atoms with E-state index in [0.717, 1.165) is 11.1 Å². The summed E-state index contributed by atoms with van der Waals surface area (Å²) < 4.78 is 11.5. The SMILES string of the molecule is Cc1ccccc1[C@@H](Oc1cc(OCc2ccncc2)ccc1C#N)C(=O)O. The molecular formula is C22H18N2O4. The third kappa shape index (κ3) is 4.46. The monoisotopic (exact) mass is 374 g/mol. The van der Waals surface area contributed by atoms with E-state index in [1.807, 2.05) is 37.3 Å². The van der Waals surface area contributed by atoms with Crippen LogP contribution in [0, 0.1) is 18.3 Å². The van der Waals surface area contributed by atoms with Crippen LogP contribution in [-0.2, 0) is 11.4 Å². The molecule has 1 aromatic heterocycles. The van der Waals surface area contributed by atoms with Crippen LogP contribution in [0.5, 0.6) is 11.5 Å². The first kappa shape index (κ1) is 18.9. The van der Waals surface area contributed by atoms with Crippen molar-refractivity contribution in [3.63, 3.8) is 0 Å². The van der Waals surface area contributed by atoms with Crippen LogP contribution >= 0.6 is 0 Å². The summed E-state index contributed by atoms with van der Waals surface area (Å²) in [6.07, 6.45) is 2.11. The van der Waals surface area contributed by atoms with Gasteiger partial charge in [-0.05, 0) is 42.3 Å². The number of hydrogen-bond donors (Lipinski definition) is 1. The maximum atomic E-state index is 11.8. The molecule has 3 rings (SSSR count). The van der Waals surface area contributed by atoms with Gasteiger partial charge in [-0.2, -0.15) is 5.26 Å². The highest BCUT2D eigenvalue weighted by atomic mass is 16.5. The molecule has 0 unspecified atom stereocenters. The minimum atomic E-state index is -1.23. The molecule has 0 aliphatic carbocycles. The second-order valence-electron chi connectivity index (χ2n) is 6.11. The predicted molar refractivity (Wildman–Crippen MR) is 102 cm³/mol. The molecule has 6 nitrogen and oxygen atoms in total. The number of benzene rings is 2. The highest BCUT2D eigenvalue weighted by Gasteiger charge is 2.25. The number of carbonyl (C=O) groups is 1. The van der Waals surface area contributed by atoms with Crippen LogP contribution in [0.15, 0.2) is 67.0 Å². The first-order valence-electron chi connectivity index (χ1n) is 8.59. The Morgan fingerprint density at radius 3 is 2.61 bits per heavy atom. The van der Waals surface area contributed by atoms with Crippen LogP contribution < -0.4 is 9.47 Å². The van der Waals surface area contributed by atoms with E-state index < -0.39 is 12.1 Å². The van der Waals surface area contributed by atoms with Crippen molar-refractivity contribution in [2.24, 2.45) is 0 Å². The maximum Gasteiger partial charge on any atom is 0.349 e. The van der Waals surface area contributed by atoms with Crippen LogP contribution in [0.2, 0.25) is 0 Å². The molecule has 0 saturated carbocycles. The van der Waals surface area contributed by atoms with Gasteiger partial charge in [-0.3, -0.25) is 4.98 Å². The van der Waals surface area contributed by atoms with Crippen LogP contribution in [0.1, 0.15) is 28.4 Å². The molecular weight excluding hydrogens is 356 g/mol. The van der Waals surface area contributed by atoms with E-state index in [1.165, 1.54) is 6.07 Å². The molecule has 1 atom stereocenters. The van der Waals surface area contributed by atoms with E-state index in [4.69, 9.17) is 9.47 Å². The Labute approximate surface area is 162 Å². The van der Waals surface area contributed by atoms with Crippen LogP contribution in [-0.4, -0.2) is 16.1 Å². The largest absolute Gasteiger partial charge is 0.489 e. The summed E-state index contributed by atoms with van der Waals surface area (Å²) in [5, 5.41) is 19.0. The Kier molecular flexibility index (Phi) is 5.87. The lowest BCUT2D eigenvalue weighted by atomic mass is 10.0. The molecule has 0 aliphatic rings. The highest BCUT2D eigenvalue weighted by molar-refractivity contribution is 5.75. The molecule has 0 saturated heterocycles. The third-order valence-corrected chi connectivity index (χ3v) is 4.17. The van der Waals surface area contributed by atoms with Gasteiger partial charge in [-0.1, -0.05) is 24.3 Å². The molecule has 0 fully saturated rings. The second-order valence-corrected chi connectivity index (χ2v) is 6.11. The topological polar surface area (TPSA) is 92.4 Å². The number of nitriles is 1. The summed E-state index contributed by atoms with van der Waals surface area (Å²) >= 11 is 0. The summed E-state index contributed by atoms with van der Waals surface area (Å²) in [6, 6.07) is 17.5. The molecule has 2 aromatic carbocycles. The van der Waals surface area contributed by atoms with E-state index in [1.54, 1.807) is 36.7 Å². The summed E-state index contributed by atoms with van der Waals surface area (Å²) in [7, 11) is 0. The standard InChI is InChI=1S/C22H18N2O4/c1-15-4-2-3-5-19(15)21(22(25)26)28-20-12-18(7-6-17(20)13-23)27-14-16-8-10-24-11-9-16/h2-12,21H,14H2,1H3,(H,25,26)/t21-/m1/s1. The molecule has 0 amide bonds. The lowest BCUT2D eigenvalue weighted by Gasteiger charge is -2.18. The van der Waals surface area contributed by atoms with Gasteiger partial charge in [0.05, 0.1) is 5.56 Å². The van der Waals surface area contributed by atoms with Crippen molar-refractivity contribution >= 4 is 5.97 Å². The number of carboxylic acid groups (broad SMARTS) is 1. The van der Waals surface area contributed by atoms with Crippen molar-refractivity contribution in [1.29, 1.82) is 5.26 Å². The van der Waals surface area contributed by atoms with Gasteiger partial charge < -0.3 is 14.6 Å². The zero-order valence-electron chi connectivity index (χ0n) is 15.2. The lowest BCUT2D eigenvalue weighted by Crippen LogP contribution is -2.19. The number of pyridine rings is 1. The number of carboxylic acids is 1. The molecule has 6 heteroatoms. The number of aromatic nitrogens is 1. The fraction of sp³-hybridized carbons (Fsp3) is 0.136. The Morgan fingerprint density at radius 1 is 1.18 bits per heavy atom. The molecule has 3 aromatic rings. The predicted octanol–water partition coefficient (Wildman–Crippen LogP) is 4.05. The van der Waals surface area contributed by atoms with Crippen molar-refractivity contribution < 1.29 is 19.4 Å². The first-order valence-corrected chi connectivity index (χ1v) is 8.59. The van der Waals surface area contributed by atoms with Crippen LogP contribution in [0.3, 0.4) is 0 Å². The number of aliphatic carboxylic acids is 1. The molecule has 28 heavy (non-hydrogen) atoms. The van der Waals surface area contributed by atoms with Crippen molar-refractivity contribution in [2.45, 2.75) is 19.6 Å². The number of hydrogen-bond acceptors (Lipinski definition) is 5. The van der Waals surface area contributed by atoms with E-state index in [0.29, 0.717) is 17.9 Å². The zero-order valence-corrected chi connectivity index (χ0v) is 15.2. The van der Waals surface area contributed by atoms with Gasteiger partial charge in [0, 0.05) is 24.0 Å². The molecule has 0 aliphatic heterocycles. The number of ether oxygens (including phenoxy) is 2. The fourth-order valence-electron chi connectivity index (χ4n) is 2.68. The summed E-state index contributed by atoms with van der Waals surface area (Å²) in [5.41, 5.74) is 2.49. The van der Waals surface area contributed by atoms with Gasteiger partial charge in [0.25, 0.3) is 0 Å². The minimum absolute atomic E-state index is 0.158. The van der Waals surface area contributed by atoms with Gasteiger partial charge in [0.2, 0.25) is 6.10 Å². The Bertz CT molecular complexity index is 1010. The van der Waals surface area contributed by atoms with Crippen molar-refractivity contribution in [1.82, 2.24) is 4.98 Å². The third-order valence-electron chi connectivity index (χ3n) is 4.17. The second kappa shape index (κ2) is 8.69. The molecule has 1 heterocycles. The molecule has 0 bridgehead atoms. The minimum Gasteiger partial charge on any atom is -0.489 e. The van der Waals surface area contributed by atoms with Crippen molar-refractivity contribution in [3.05, 3.63) is 89.2 Å². The quantitative estimate of drug-likeness (QED) is 0.671. The van der Waals surface area contributed by atoms with E-state index in [-0.39, 0.29) is 11.3 Å². The van der Waals surface area contributed by atoms with Gasteiger partial charge in [0.15, 0.2) is 0 Å². The molecule has 1 N–H and O–H groups in total. The fourth-order valence-corrected chi connectivity index (χ4v) is 2.68. The van der Waals surface area contributed by atoms with Gasteiger partial charge in [-0.15, -0.1) is 0 Å². The molecule has 0 radical (unpaired) electrons. The summed E-state index contributed by atoms with van der Waals surface area (Å²) in [6.45, 7) is 2.13. The van der Waals surface area contributed by atoms with Crippen LogP contribution in [0.25, 0.3) is 0 Å². The van der Waals surface area contributed by atoms with Gasteiger partial charge in [-0.25, -0.2) is 4.79 Å². The zero-order chi connectivity index (χ0) is 19.9. The number of rotatable bonds is 7. The highest BCUT2D eigenvalue weighted by Crippen LogP contribution is 2.30. The summed E-state index contributed by atoms with van der Waals surface area (Å²) in [4.78, 5) is 15.8. The van der Waals surface area contributed by atoms with E-state index in [9.17, 15) is 15.2 Å². The van der Waals surface area contributed by atoms with Crippen molar-refractivity contribution in [2.75, 3.05) is 0 Å². The number of nitrogens with zero attached hydrogens (tertiary/aromatic N) is 2. The Morgan fingerprint density at radius 2 is 1.93 bits per heavy atom. The smallest absolute Gasteiger partial charge is 0.349 e. The maximum absolute atomic E-state index is 11.8. The first-order chi connectivity index (χ1) is 13.6. The van der Waals surface area contributed by atoms with Gasteiger partial charge in [0.1, 0.15) is 24.2 Å². The molecule has 0 spiro atoms. The average molecular weight is 374 g/mol. The average Bonchev–Trinajstić information content (AvgIpc) is 2.72. The van der Waals surface area contributed by atoms with Gasteiger partial charge >= 0.3 is 5.97 Å². The van der Waals surface area contributed by atoms with Crippen molar-refractivity contribution in [3.8, 4) is 17.6 Å². The Balaban J connectivity index is 1.86. The van der Waals surface area contributed by atoms with E-state index in [2.05, 4.69) is 4.98 Å². The Hall–Kier alpha value is -3.85. The van der Waals surface area contributed by atoms with Crippen LogP contribution in [0.4, 0.5) is 0 Å². The number of aryl methyl sites for hydroxylation is 1. The normalized spacial score (nSPS) is 11.3.